The molecule has 0 aromatic rings. The molecule has 15 heavy (non-hydrogen) atoms. The summed E-state index contributed by atoms with van der Waals surface area (Å²) in [6.07, 6.45) is 0. The van der Waals surface area contributed by atoms with Crippen molar-refractivity contribution >= 4 is 16.2 Å². The molecule has 0 radical (unpaired) electrons. The van der Waals surface area contributed by atoms with Crippen LogP contribution >= 0.6 is 0 Å². The summed E-state index contributed by atoms with van der Waals surface area (Å²) in [4.78, 5) is 10.9. The second-order valence-electron chi connectivity index (χ2n) is 3.58. The van der Waals surface area contributed by atoms with E-state index >= 15 is 0 Å². The number of methoxy groups -OCH3 is 1. The summed E-state index contributed by atoms with van der Waals surface area (Å²) in [5, 5.41) is 0. The van der Waals surface area contributed by atoms with Crippen LogP contribution < -0.4 is 4.72 Å². The van der Waals surface area contributed by atoms with Crippen molar-refractivity contribution in [2.45, 2.75) is 13.8 Å². The van der Waals surface area contributed by atoms with Crippen LogP contribution in [0.2, 0.25) is 0 Å². The van der Waals surface area contributed by atoms with Gasteiger partial charge in [0.25, 0.3) is 10.2 Å². The zero-order valence-corrected chi connectivity index (χ0v) is 10.3. The summed E-state index contributed by atoms with van der Waals surface area (Å²) in [5.41, 5.74) is 0. The SMILES string of the molecule is COC(=O)CN(C)S(=O)(=O)NCC(C)C. The largest absolute Gasteiger partial charge is 0.468 e. The molecule has 0 fully saturated rings. The van der Waals surface area contributed by atoms with E-state index in [0.717, 1.165) is 4.31 Å². The molecular weight excluding hydrogens is 220 g/mol. The Kier molecular flexibility index (Phi) is 5.77. The van der Waals surface area contributed by atoms with Gasteiger partial charge >= 0.3 is 5.97 Å². The van der Waals surface area contributed by atoms with Crippen LogP contribution in [0.15, 0.2) is 0 Å². The Morgan fingerprint density at radius 1 is 1.47 bits per heavy atom. The van der Waals surface area contributed by atoms with Gasteiger partial charge in [0.15, 0.2) is 0 Å². The van der Waals surface area contributed by atoms with E-state index in [-0.39, 0.29) is 12.5 Å². The molecule has 0 bridgehead atoms. The number of likely N-dealkylation sites (N-methyl/N-ethyl adjacent to an activating group) is 1. The van der Waals surface area contributed by atoms with Gasteiger partial charge in [0, 0.05) is 13.6 Å². The maximum absolute atomic E-state index is 11.5. The van der Waals surface area contributed by atoms with Gasteiger partial charge in [-0.05, 0) is 5.92 Å². The quantitative estimate of drug-likeness (QED) is 0.638. The van der Waals surface area contributed by atoms with Gasteiger partial charge in [-0.1, -0.05) is 13.8 Å². The second kappa shape index (κ2) is 6.04. The number of nitrogens with zero attached hydrogens (tertiary/aromatic N) is 1. The first-order valence-corrected chi connectivity index (χ1v) is 6.01. The van der Waals surface area contributed by atoms with E-state index in [1.807, 2.05) is 13.8 Å². The van der Waals surface area contributed by atoms with Crippen molar-refractivity contribution in [3.05, 3.63) is 0 Å². The summed E-state index contributed by atoms with van der Waals surface area (Å²) in [7, 11) is -1.05. The molecule has 0 amide bonds. The number of carbonyl (C=O) groups is 1. The highest BCUT2D eigenvalue weighted by molar-refractivity contribution is 7.87. The molecule has 1 N–H and O–H groups in total. The Hall–Kier alpha value is -0.660. The molecule has 0 saturated carbocycles. The first-order chi connectivity index (χ1) is 6.79. The minimum atomic E-state index is -3.58. The Bertz CT molecular complexity index is 300. The fraction of sp³-hybridized carbons (Fsp3) is 0.875. The smallest absolute Gasteiger partial charge is 0.321 e. The number of hydrogen-bond donors (Lipinski definition) is 1. The number of hydrogen-bond acceptors (Lipinski definition) is 4. The number of rotatable bonds is 6. The Morgan fingerprint density at radius 2 is 2.00 bits per heavy atom. The summed E-state index contributed by atoms with van der Waals surface area (Å²) in [6.45, 7) is 3.84. The molecule has 0 aliphatic carbocycles. The van der Waals surface area contributed by atoms with Crippen LogP contribution in [0.25, 0.3) is 0 Å². The Balaban J connectivity index is 4.27. The van der Waals surface area contributed by atoms with E-state index in [2.05, 4.69) is 9.46 Å². The molecule has 0 heterocycles. The molecule has 0 atom stereocenters. The maximum atomic E-state index is 11.5. The van der Waals surface area contributed by atoms with Crippen LogP contribution in [0.1, 0.15) is 13.8 Å². The number of esters is 1. The van der Waals surface area contributed by atoms with E-state index in [9.17, 15) is 13.2 Å². The van der Waals surface area contributed by atoms with Gasteiger partial charge in [0.1, 0.15) is 6.54 Å². The van der Waals surface area contributed by atoms with E-state index in [1.165, 1.54) is 14.2 Å². The van der Waals surface area contributed by atoms with E-state index < -0.39 is 16.2 Å². The molecule has 6 nitrogen and oxygen atoms in total. The Labute approximate surface area is 90.8 Å². The van der Waals surface area contributed by atoms with Crippen molar-refractivity contribution in [1.82, 2.24) is 9.03 Å². The number of ether oxygens (including phenoxy) is 1. The van der Waals surface area contributed by atoms with Gasteiger partial charge in [-0.15, -0.1) is 0 Å². The lowest BCUT2D eigenvalue weighted by Crippen LogP contribution is -2.42. The van der Waals surface area contributed by atoms with E-state index in [0.29, 0.717) is 6.54 Å². The first kappa shape index (κ1) is 14.3. The third-order valence-electron chi connectivity index (χ3n) is 1.66. The van der Waals surface area contributed by atoms with Crippen molar-refractivity contribution < 1.29 is 17.9 Å². The molecule has 0 spiro atoms. The first-order valence-electron chi connectivity index (χ1n) is 4.57. The lowest BCUT2D eigenvalue weighted by molar-refractivity contribution is -0.140. The molecule has 90 valence electrons. The van der Waals surface area contributed by atoms with Gasteiger partial charge < -0.3 is 4.74 Å². The van der Waals surface area contributed by atoms with E-state index in [4.69, 9.17) is 0 Å². The minimum Gasteiger partial charge on any atom is -0.468 e. The normalized spacial score (nSPS) is 12.1. The van der Waals surface area contributed by atoms with Crippen LogP contribution in [-0.4, -0.2) is 45.9 Å². The summed E-state index contributed by atoms with van der Waals surface area (Å²) in [5.74, 6) is -0.376. The van der Waals surface area contributed by atoms with Crippen LogP contribution in [-0.2, 0) is 19.7 Å². The minimum absolute atomic E-state index is 0.214. The van der Waals surface area contributed by atoms with Gasteiger partial charge in [-0.2, -0.15) is 12.7 Å². The summed E-state index contributed by atoms with van der Waals surface area (Å²) in [6, 6.07) is 0. The molecule has 0 unspecified atom stereocenters. The third-order valence-corrected chi connectivity index (χ3v) is 3.14. The molecule has 0 saturated heterocycles. The van der Waals surface area contributed by atoms with Crippen molar-refractivity contribution in [3.63, 3.8) is 0 Å². The predicted octanol–water partition coefficient (Wildman–Crippen LogP) is -0.418. The zero-order valence-electron chi connectivity index (χ0n) is 9.48. The van der Waals surface area contributed by atoms with Gasteiger partial charge in [0.2, 0.25) is 0 Å². The van der Waals surface area contributed by atoms with Gasteiger partial charge in [0.05, 0.1) is 7.11 Å². The molecule has 0 aromatic heterocycles. The van der Waals surface area contributed by atoms with Crippen LogP contribution in [0, 0.1) is 5.92 Å². The van der Waals surface area contributed by atoms with Crippen molar-refractivity contribution in [2.24, 2.45) is 5.92 Å². The summed E-state index contributed by atoms with van der Waals surface area (Å²) < 4.78 is 30.7. The fourth-order valence-electron chi connectivity index (χ4n) is 0.714. The van der Waals surface area contributed by atoms with Crippen LogP contribution in [0.3, 0.4) is 0 Å². The molecule has 0 aliphatic heterocycles. The standard InChI is InChI=1S/C8H18N2O4S/c1-7(2)5-9-15(12,13)10(3)6-8(11)14-4/h7,9H,5-6H2,1-4H3. The fourth-order valence-corrected chi connectivity index (χ4v) is 1.75. The predicted molar refractivity (Wildman–Crippen MR) is 56.4 cm³/mol. The maximum Gasteiger partial charge on any atom is 0.321 e. The average molecular weight is 238 g/mol. The van der Waals surface area contributed by atoms with Crippen molar-refractivity contribution in [2.75, 3.05) is 27.2 Å². The lowest BCUT2D eigenvalue weighted by Gasteiger charge is -2.17. The number of carbonyl (C=O) groups excluding carboxylic acids is 1. The summed E-state index contributed by atoms with van der Waals surface area (Å²) >= 11 is 0. The molecule has 0 aromatic carbocycles. The highest BCUT2D eigenvalue weighted by Crippen LogP contribution is 1.96. The topological polar surface area (TPSA) is 75.7 Å². The lowest BCUT2D eigenvalue weighted by atomic mass is 10.2. The highest BCUT2D eigenvalue weighted by atomic mass is 32.2. The van der Waals surface area contributed by atoms with Crippen LogP contribution in [0.4, 0.5) is 0 Å². The third kappa shape index (κ3) is 5.71. The van der Waals surface area contributed by atoms with Crippen molar-refractivity contribution in [3.8, 4) is 0 Å². The zero-order chi connectivity index (χ0) is 12.1. The monoisotopic (exact) mass is 238 g/mol. The van der Waals surface area contributed by atoms with Gasteiger partial charge in [-0.25, -0.2) is 4.72 Å². The molecule has 0 aliphatic rings. The molecular formula is C8H18N2O4S. The second-order valence-corrected chi connectivity index (χ2v) is 5.44. The average Bonchev–Trinajstić information content (AvgIpc) is 2.14. The number of nitrogens with one attached hydrogen (secondary N) is 1. The van der Waals surface area contributed by atoms with Crippen molar-refractivity contribution in [1.29, 1.82) is 0 Å². The Morgan fingerprint density at radius 3 is 2.40 bits per heavy atom. The molecule has 7 heteroatoms. The highest BCUT2D eigenvalue weighted by Gasteiger charge is 2.20. The van der Waals surface area contributed by atoms with Gasteiger partial charge in [-0.3, -0.25) is 4.79 Å². The molecule has 0 rings (SSSR count). The van der Waals surface area contributed by atoms with E-state index in [1.54, 1.807) is 0 Å². The van der Waals surface area contributed by atoms with Crippen LogP contribution in [0.5, 0.6) is 0 Å².